The molecule has 154 valence electrons. The summed E-state index contributed by atoms with van der Waals surface area (Å²) in [5, 5.41) is 5.74. The molecular weight excluding hydrogens is 368 g/mol. The van der Waals surface area contributed by atoms with Gasteiger partial charge in [-0.3, -0.25) is 19.4 Å². The number of carbonyl (C=O) groups excluding carboxylic acids is 2. The molecular formula is C22H28N4O3. The van der Waals surface area contributed by atoms with Gasteiger partial charge in [0.05, 0.1) is 13.1 Å². The Balaban J connectivity index is 1.40. The second kappa shape index (κ2) is 10.6. The van der Waals surface area contributed by atoms with Crippen molar-refractivity contribution in [3.05, 3.63) is 54.6 Å². The lowest BCUT2D eigenvalue weighted by Gasteiger charge is -2.33. The fourth-order valence-electron chi connectivity index (χ4n) is 3.20. The van der Waals surface area contributed by atoms with Crippen molar-refractivity contribution in [3.8, 4) is 11.5 Å². The van der Waals surface area contributed by atoms with E-state index >= 15 is 0 Å². The Labute approximate surface area is 171 Å². The molecule has 2 aromatic carbocycles. The number of hydrogen-bond donors (Lipinski definition) is 2. The van der Waals surface area contributed by atoms with E-state index in [1.165, 1.54) is 0 Å². The van der Waals surface area contributed by atoms with Gasteiger partial charge in [0.15, 0.2) is 0 Å². The topological polar surface area (TPSA) is 73.9 Å². The third kappa shape index (κ3) is 6.89. The molecule has 7 nitrogen and oxygen atoms in total. The van der Waals surface area contributed by atoms with Gasteiger partial charge in [-0.25, -0.2) is 0 Å². The maximum atomic E-state index is 12.3. The normalized spacial score (nSPS) is 14.9. The van der Waals surface area contributed by atoms with Crippen LogP contribution in [0.1, 0.15) is 6.92 Å². The molecule has 2 aromatic rings. The standard InChI is InChI=1S/C22H28N4O3/c1-2-23-21(27)16-25-12-14-26(15-13-25)17-22(28)24-18-8-10-20(11-9-18)29-19-6-4-3-5-7-19/h3-11H,2,12-17H2,1H3,(H,23,27)(H,24,28). The molecule has 1 saturated heterocycles. The van der Waals surface area contributed by atoms with Crippen molar-refractivity contribution in [3.63, 3.8) is 0 Å². The van der Waals surface area contributed by atoms with Crippen LogP contribution < -0.4 is 15.4 Å². The zero-order valence-electron chi connectivity index (χ0n) is 16.8. The van der Waals surface area contributed by atoms with Crippen LogP contribution in [0.3, 0.4) is 0 Å². The number of carbonyl (C=O) groups is 2. The molecule has 0 atom stereocenters. The lowest BCUT2D eigenvalue weighted by molar-refractivity contribution is -0.123. The molecule has 3 rings (SSSR count). The first kappa shape index (κ1) is 20.8. The van der Waals surface area contributed by atoms with E-state index in [2.05, 4.69) is 20.4 Å². The molecule has 0 saturated carbocycles. The van der Waals surface area contributed by atoms with Crippen LogP contribution in [0, 0.1) is 0 Å². The van der Waals surface area contributed by atoms with Crippen LogP contribution in [-0.2, 0) is 9.59 Å². The summed E-state index contributed by atoms with van der Waals surface area (Å²) in [5.74, 6) is 1.50. The van der Waals surface area contributed by atoms with Crippen LogP contribution in [0.4, 0.5) is 5.69 Å². The first-order valence-corrected chi connectivity index (χ1v) is 9.96. The summed E-state index contributed by atoms with van der Waals surface area (Å²) in [6.45, 7) is 6.46. The summed E-state index contributed by atoms with van der Waals surface area (Å²) in [4.78, 5) is 28.2. The van der Waals surface area contributed by atoms with E-state index in [9.17, 15) is 9.59 Å². The van der Waals surface area contributed by atoms with Crippen LogP contribution >= 0.6 is 0 Å². The zero-order valence-corrected chi connectivity index (χ0v) is 16.8. The minimum Gasteiger partial charge on any atom is -0.457 e. The van der Waals surface area contributed by atoms with Crippen LogP contribution in [-0.4, -0.2) is 67.4 Å². The number of benzene rings is 2. The number of piperazine rings is 1. The minimum atomic E-state index is -0.0427. The van der Waals surface area contributed by atoms with Gasteiger partial charge in [-0.15, -0.1) is 0 Å². The Kier molecular flexibility index (Phi) is 7.61. The number of rotatable bonds is 8. The highest BCUT2D eigenvalue weighted by molar-refractivity contribution is 5.92. The highest BCUT2D eigenvalue weighted by atomic mass is 16.5. The number of ether oxygens (including phenoxy) is 1. The van der Waals surface area contributed by atoms with Gasteiger partial charge < -0.3 is 15.4 Å². The number of nitrogens with one attached hydrogen (secondary N) is 2. The van der Waals surface area contributed by atoms with E-state index in [0.29, 0.717) is 19.6 Å². The largest absolute Gasteiger partial charge is 0.457 e. The van der Waals surface area contributed by atoms with E-state index in [-0.39, 0.29) is 11.8 Å². The first-order chi connectivity index (χ1) is 14.1. The summed E-state index contributed by atoms with van der Waals surface area (Å²) in [5.41, 5.74) is 0.741. The molecule has 0 aliphatic carbocycles. The fourth-order valence-corrected chi connectivity index (χ4v) is 3.20. The Bertz CT molecular complexity index is 787. The van der Waals surface area contributed by atoms with Gasteiger partial charge in [0, 0.05) is 38.4 Å². The fraction of sp³-hybridized carbons (Fsp3) is 0.364. The van der Waals surface area contributed by atoms with Crippen molar-refractivity contribution < 1.29 is 14.3 Å². The van der Waals surface area contributed by atoms with Gasteiger partial charge in [0.2, 0.25) is 11.8 Å². The highest BCUT2D eigenvalue weighted by Gasteiger charge is 2.20. The van der Waals surface area contributed by atoms with Gasteiger partial charge in [-0.05, 0) is 43.3 Å². The maximum Gasteiger partial charge on any atom is 0.238 e. The van der Waals surface area contributed by atoms with Crippen LogP contribution in [0.5, 0.6) is 11.5 Å². The molecule has 7 heteroatoms. The average molecular weight is 396 g/mol. The molecule has 0 spiro atoms. The Morgan fingerprint density at radius 1 is 0.828 bits per heavy atom. The summed E-state index contributed by atoms with van der Waals surface area (Å²) >= 11 is 0. The predicted molar refractivity (Wildman–Crippen MR) is 113 cm³/mol. The Hall–Kier alpha value is -2.90. The van der Waals surface area contributed by atoms with E-state index < -0.39 is 0 Å². The van der Waals surface area contributed by atoms with Gasteiger partial charge in [0.25, 0.3) is 0 Å². The maximum absolute atomic E-state index is 12.3. The summed E-state index contributed by atoms with van der Waals surface area (Å²) < 4.78 is 5.76. The summed E-state index contributed by atoms with van der Waals surface area (Å²) in [6.07, 6.45) is 0. The number of nitrogens with zero attached hydrogens (tertiary/aromatic N) is 2. The van der Waals surface area contributed by atoms with Gasteiger partial charge >= 0.3 is 0 Å². The van der Waals surface area contributed by atoms with Crippen molar-refractivity contribution in [1.29, 1.82) is 0 Å². The van der Waals surface area contributed by atoms with E-state index in [0.717, 1.165) is 43.4 Å². The highest BCUT2D eigenvalue weighted by Crippen LogP contribution is 2.22. The second-order valence-corrected chi connectivity index (χ2v) is 6.99. The second-order valence-electron chi connectivity index (χ2n) is 6.99. The monoisotopic (exact) mass is 396 g/mol. The SMILES string of the molecule is CCNC(=O)CN1CCN(CC(=O)Nc2ccc(Oc3ccccc3)cc2)CC1. The molecule has 2 amide bonds. The molecule has 29 heavy (non-hydrogen) atoms. The molecule has 2 N–H and O–H groups in total. The van der Waals surface area contributed by atoms with Crippen LogP contribution in [0.2, 0.25) is 0 Å². The minimum absolute atomic E-state index is 0.0427. The molecule has 1 aliphatic rings. The Morgan fingerprint density at radius 2 is 1.38 bits per heavy atom. The number of para-hydroxylation sites is 1. The molecule has 1 aliphatic heterocycles. The lowest BCUT2D eigenvalue weighted by Crippen LogP contribution is -2.51. The molecule has 0 radical (unpaired) electrons. The third-order valence-electron chi connectivity index (χ3n) is 4.69. The molecule has 0 bridgehead atoms. The Morgan fingerprint density at radius 3 is 1.97 bits per heavy atom. The smallest absolute Gasteiger partial charge is 0.238 e. The molecule has 0 unspecified atom stereocenters. The van der Waals surface area contributed by atoms with E-state index in [1.54, 1.807) is 0 Å². The van der Waals surface area contributed by atoms with Crippen LogP contribution in [0.25, 0.3) is 0 Å². The third-order valence-corrected chi connectivity index (χ3v) is 4.69. The van der Waals surface area contributed by atoms with Gasteiger partial charge in [0.1, 0.15) is 11.5 Å². The lowest BCUT2D eigenvalue weighted by atomic mass is 10.2. The molecule has 1 heterocycles. The number of likely N-dealkylation sites (N-methyl/N-ethyl adjacent to an activating group) is 1. The van der Waals surface area contributed by atoms with Crippen molar-refractivity contribution in [2.24, 2.45) is 0 Å². The zero-order chi connectivity index (χ0) is 20.5. The number of hydrogen-bond acceptors (Lipinski definition) is 5. The van der Waals surface area contributed by atoms with Crippen molar-refractivity contribution in [1.82, 2.24) is 15.1 Å². The average Bonchev–Trinajstić information content (AvgIpc) is 2.72. The predicted octanol–water partition coefficient (Wildman–Crippen LogP) is 2.17. The number of amides is 2. The first-order valence-electron chi connectivity index (χ1n) is 9.96. The van der Waals surface area contributed by atoms with Crippen molar-refractivity contribution in [2.75, 3.05) is 51.1 Å². The van der Waals surface area contributed by atoms with Crippen molar-refractivity contribution in [2.45, 2.75) is 6.92 Å². The molecule has 0 aromatic heterocycles. The molecule has 1 fully saturated rings. The van der Waals surface area contributed by atoms with Crippen molar-refractivity contribution >= 4 is 17.5 Å². The van der Waals surface area contributed by atoms with Crippen LogP contribution in [0.15, 0.2) is 54.6 Å². The van der Waals surface area contributed by atoms with Gasteiger partial charge in [-0.1, -0.05) is 18.2 Å². The quantitative estimate of drug-likeness (QED) is 0.715. The van der Waals surface area contributed by atoms with E-state index in [1.807, 2.05) is 61.5 Å². The summed E-state index contributed by atoms with van der Waals surface area (Å²) in [6, 6.07) is 16.9. The summed E-state index contributed by atoms with van der Waals surface area (Å²) in [7, 11) is 0. The van der Waals surface area contributed by atoms with Gasteiger partial charge in [-0.2, -0.15) is 0 Å². The number of anilines is 1. The van der Waals surface area contributed by atoms with E-state index in [4.69, 9.17) is 4.74 Å².